The molecule has 4 aromatic rings. The van der Waals surface area contributed by atoms with Crippen LogP contribution in [0.5, 0.6) is 0 Å². The maximum absolute atomic E-state index is 8.95. The van der Waals surface area contributed by atoms with Gasteiger partial charge in [-0.1, -0.05) is 0 Å². The third-order valence-electron chi connectivity index (χ3n) is 4.95. The highest BCUT2D eigenvalue weighted by molar-refractivity contribution is 5.74. The lowest BCUT2D eigenvalue weighted by molar-refractivity contribution is 0.487. The van der Waals surface area contributed by atoms with Crippen LogP contribution in [-0.2, 0) is 0 Å². The Balaban J connectivity index is 1.51. The number of hydrogen-bond acceptors (Lipinski definition) is 6. The predicted molar refractivity (Wildman–Crippen MR) is 95.8 cm³/mol. The first-order valence-corrected chi connectivity index (χ1v) is 8.62. The van der Waals surface area contributed by atoms with E-state index < -0.39 is 0 Å². The van der Waals surface area contributed by atoms with Gasteiger partial charge in [0.2, 0.25) is 0 Å². The van der Waals surface area contributed by atoms with E-state index in [9.17, 15) is 0 Å². The molecule has 8 nitrogen and oxygen atoms in total. The molecular weight excluding hydrogens is 328 g/mol. The van der Waals surface area contributed by atoms with Crippen LogP contribution in [0.2, 0.25) is 0 Å². The van der Waals surface area contributed by atoms with Crippen molar-refractivity contribution in [3.05, 3.63) is 48.2 Å². The van der Waals surface area contributed by atoms with Crippen LogP contribution in [-0.4, -0.2) is 42.6 Å². The summed E-state index contributed by atoms with van der Waals surface area (Å²) in [6.45, 7) is 1.78. The Morgan fingerprint density at radius 2 is 2.12 bits per heavy atom. The van der Waals surface area contributed by atoms with E-state index in [2.05, 4.69) is 40.5 Å². The second-order valence-corrected chi connectivity index (χ2v) is 6.52. The SMILES string of the molecule is N#Cc1ccc(N2CCC[C@@H](c3nnc4cnc5[nH]ccc5n34)C2)nc1. The lowest BCUT2D eigenvalue weighted by Crippen LogP contribution is -2.35. The fourth-order valence-electron chi connectivity index (χ4n) is 3.70. The first kappa shape index (κ1) is 14.8. The van der Waals surface area contributed by atoms with Crippen LogP contribution in [0.15, 0.2) is 36.8 Å². The van der Waals surface area contributed by atoms with Gasteiger partial charge in [-0.15, -0.1) is 10.2 Å². The zero-order valence-corrected chi connectivity index (χ0v) is 14.0. The lowest BCUT2D eigenvalue weighted by atomic mass is 9.97. The topological polar surface area (TPSA) is 98.8 Å². The molecular formula is C18H16N8. The molecule has 5 heterocycles. The van der Waals surface area contributed by atoms with Gasteiger partial charge in [0.1, 0.15) is 17.7 Å². The number of nitrogens with one attached hydrogen (secondary N) is 1. The quantitative estimate of drug-likeness (QED) is 0.599. The number of anilines is 1. The summed E-state index contributed by atoms with van der Waals surface area (Å²) in [6.07, 6.45) is 7.37. The minimum absolute atomic E-state index is 0.261. The zero-order chi connectivity index (χ0) is 17.5. The lowest BCUT2D eigenvalue weighted by Gasteiger charge is -2.32. The number of fused-ring (bicyclic) bond motifs is 3. The van der Waals surface area contributed by atoms with Crippen molar-refractivity contribution in [2.45, 2.75) is 18.8 Å². The molecule has 0 bridgehead atoms. The third kappa shape index (κ3) is 2.29. The Kier molecular flexibility index (Phi) is 3.31. The molecule has 8 heteroatoms. The summed E-state index contributed by atoms with van der Waals surface area (Å²) in [5.74, 6) is 2.12. The number of nitrogens with zero attached hydrogens (tertiary/aromatic N) is 7. The van der Waals surface area contributed by atoms with E-state index in [1.165, 1.54) is 0 Å². The first-order chi connectivity index (χ1) is 12.8. The molecule has 4 aromatic heterocycles. The number of nitriles is 1. The average Bonchev–Trinajstić information content (AvgIpc) is 3.34. The van der Waals surface area contributed by atoms with E-state index in [1.54, 1.807) is 12.4 Å². The molecule has 1 saturated heterocycles. The van der Waals surface area contributed by atoms with Crippen molar-refractivity contribution in [1.82, 2.24) is 29.5 Å². The van der Waals surface area contributed by atoms with Crippen molar-refractivity contribution in [3.8, 4) is 6.07 Å². The molecule has 26 heavy (non-hydrogen) atoms. The van der Waals surface area contributed by atoms with Gasteiger partial charge in [-0.2, -0.15) is 5.26 Å². The maximum atomic E-state index is 8.95. The molecule has 1 aliphatic rings. The van der Waals surface area contributed by atoms with E-state index in [1.807, 2.05) is 24.4 Å². The molecule has 128 valence electrons. The summed E-state index contributed by atoms with van der Waals surface area (Å²) >= 11 is 0. The Labute approximate surface area is 149 Å². The summed E-state index contributed by atoms with van der Waals surface area (Å²) in [5, 5.41) is 17.7. The van der Waals surface area contributed by atoms with Crippen LogP contribution < -0.4 is 4.90 Å². The van der Waals surface area contributed by atoms with Crippen molar-refractivity contribution < 1.29 is 0 Å². The minimum atomic E-state index is 0.261. The van der Waals surface area contributed by atoms with Gasteiger partial charge in [-0.25, -0.2) is 9.97 Å². The Hall–Kier alpha value is -3.47. The molecule has 0 spiro atoms. The third-order valence-corrected chi connectivity index (χ3v) is 4.95. The van der Waals surface area contributed by atoms with Crippen molar-refractivity contribution in [3.63, 3.8) is 0 Å². The number of aromatic amines is 1. The van der Waals surface area contributed by atoms with Crippen molar-refractivity contribution in [1.29, 1.82) is 5.26 Å². The normalized spacial score (nSPS) is 17.7. The number of piperidine rings is 1. The average molecular weight is 344 g/mol. The van der Waals surface area contributed by atoms with E-state index in [0.717, 1.165) is 54.4 Å². The molecule has 1 atom stereocenters. The van der Waals surface area contributed by atoms with E-state index in [4.69, 9.17) is 5.26 Å². The minimum Gasteiger partial charge on any atom is -0.356 e. The zero-order valence-electron chi connectivity index (χ0n) is 14.0. The van der Waals surface area contributed by atoms with E-state index in [0.29, 0.717) is 5.56 Å². The molecule has 5 rings (SSSR count). The Morgan fingerprint density at radius 3 is 2.96 bits per heavy atom. The number of aromatic nitrogens is 6. The number of pyridine rings is 1. The fourth-order valence-corrected chi connectivity index (χ4v) is 3.70. The summed E-state index contributed by atoms with van der Waals surface area (Å²) in [4.78, 5) is 14.2. The molecule has 0 unspecified atom stereocenters. The summed E-state index contributed by atoms with van der Waals surface area (Å²) in [5.41, 5.74) is 3.17. The van der Waals surface area contributed by atoms with Gasteiger partial charge >= 0.3 is 0 Å². The first-order valence-electron chi connectivity index (χ1n) is 8.62. The Bertz CT molecular complexity index is 1120. The predicted octanol–water partition coefficient (Wildman–Crippen LogP) is 2.26. The second kappa shape index (κ2) is 5.81. The molecule has 0 aromatic carbocycles. The van der Waals surface area contributed by atoms with Gasteiger partial charge in [0.05, 0.1) is 17.3 Å². The van der Waals surface area contributed by atoms with E-state index >= 15 is 0 Å². The smallest absolute Gasteiger partial charge is 0.179 e. The maximum Gasteiger partial charge on any atom is 0.179 e. The molecule has 1 N–H and O–H groups in total. The van der Waals surface area contributed by atoms with Crippen molar-refractivity contribution in [2.75, 3.05) is 18.0 Å². The largest absolute Gasteiger partial charge is 0.356 e. The van der Waals surface area contributed by atoms with E-state index in [-0.39, 0.29) is 5.92 Å². The molecule has 0 saturated carbocycles. The summed E-state index contributed by atoms with van der Waals surface area (Å²) in [6, 6.07) is 7.84. The highest BCUT2D eigenvalue weighted by atomic mass is 15.3. The standard InChI is InChI=1S/C18H16N8/c19-8-12-3-4-15(21-9-12)25-7-1-2-13(11-25)18-24-23-16-10-22-17-14(26(16)18)5-6-20-17/h3-6,9-10,13,20H,1-2,7,11H2/t13-/m1/s1. The van der Waals surface area contributed by atoms with Gasteiger partial charge in [-0.3, -0.25) is 4.40 Å². The van der Waals surface area contributed by atoms with Crippen molar-refractivity contribution in [2.24, 2.45) is 0 Å². The number of rotatable bonds is 2. The summed E-state index contributed by atoms with van der Waals surface area (Å²) < 4.78 is 2.10. The highest BCUT2D eigenvalue weighted by Gasteiger charge is 2.27. The van der Waals surface area contributed by atoms with Crippen LogP contribution in [0, 0.1) is 11.3 Å². The molecule has 0 radical (unpaired) electrons. The Morgan fingerprint density at radius 1 is 1.15 bits per heavy atom. The summed E-state index contributed by atoms with van der Waals surface area (Å²) in [7, 11) is 0. The van der Waals surface area contributed by atoms with Crippen LogP contribution >= 0.6 is 0 Å². The van der Waals surface area contributed by atoms with Gasteiger partial charge in [0.15, 0.2) is 11.3 Å². The molecule has 1 aliphatic heterocycles. The molecule has 0 aliphatic carbocycles. The number of hydrogen-bond donors (Lipinski definition) is 1. The van der Waals surface area contributed by atoms with Crippen LogP contribution in [0.1, 0.15) is 30.1 Å². The van der Waals surface area contributed by atoms with Gasteiger partial charge in [0, 0.05) is 31.4 Å². The van der Waals surface area contributed by atoms with Gasteiger partial charge in [-0.05, 0) is 31.0 Å². The monoisotopic (exact) mass is 344 g/mol. The molecule has 1 fully saturated rings. The van der Waals surface area contributed by atoms with Gasteiger partial charge < -0.3 is 9.88 Å². The van der Waals surface area contributed by atoms with Crippen molar-refractivity contribution >= 4 is 22.6 Å². The van der Waals surface area contributed by atoms with Crippen LogP contribution in [0.3, 0.4) is 0 Å². The van der Waals surface area contributed by atoms with Crippen LogP contribution in [0.4, 0.5) is 5.82 Å². The number of H-pyrrole nitrogens is 1. The highest BCUT2D eigenvalue weighted by Crippen LogP contribution is 2.29. The van der Waals surface area contributed by atoms with Gasteiger partial charge in [0.25, 0.3) is 0 Å². The molecule has 0 amide bonds. The second-order valence-electron chi connectivity index (χ2n) is 6.52. The van der Waals surface area contributed by atoms with Crippen LogP contribution in [0.25, 0.3) is 16.8 Å². The fraction of sp³-hybridized carbons (Fsp3) is 0.278.